The third-order valence-corrected chi connectivity index (χ3v) is 3.97. The molecule has 0 amide bonds. The van der Waals surface area contributed by atoms with Gasteiger partial charge in [0.15, 0.2) is 0 Å². The van der Waals surface area contributed by atoms with Crippen molar-refractivity contribution >= 4 is 35.4 Å². The molecule has 0 fully saturated rings. The normalized spacial score (nSPS) is 10.6. The van der Waals surface area contributed by atoms with Crippen LogP contribution in [0.4, 0.5) is 0 Å². The zero-order valence-electron chi connectivity index (χ0n) is 10.8. The van der Waals surface area contributed by atoms with Gasteiger partial charge in [-0.3, -0.25) is 0 Å². The van der Waals surface area contributed by atoms with Crippen LogP contribution < -0.4 is 0 Å². The van der Waals surface area contributed by atoms with E-state index < -0.39 is 0 Å². The molecule has 0 spiro atoms. The van der Waals surface area contributed by atoms with Crippen molar-refractivity contribution in [3.05, 3.63) is 69.3 Å². The van der Waals surface area contributed by atoms with Crippen LogP contribution in [0.25, 0.3) is 22.6 Å². The third kappa shape index (κ3) is 3.16. The number of halogens is 2. The highest BCUT2D eigenvalue weighted by atomic mass is 35.5. The van der Waals surface area contributed by atoms with E-state index in [4.69, 9.17) is 35.4 Å². The monoisotopic (exact) mass is 332 g/mol. The van der Waals surface area contributed by atoms with Crippen molar-refractivity contribution < 1.29 is 0 Å². The van der Waals surface area contributed by atoms with Gasteiger partial charge in [0.2, 0.25) is 0 Å². The SMILES string of the molecule is S=c1cc(-c2ccccc2)[nH]c(-c2ccc(Cl)c(Cl)c2)n1. The van der Waals surface area contributed by atoms with Crippen LogP contribution in [0.2, 0.25) is 10.0 Å². The van der Waals surface area contributed by atoms with Crippen LogP contribution in [0.15, 0.2) is 54.6 Å². The smallest absolute Gasteiger partial charge is 0.139 e. The molecule has 1 N–H and O–H groups in total. The first kappa shape index (κ1) is 14.3. The molecule has 0 atom stereocenters. The molecule has 3 aromatic rings. The first-order valence-electron chi connectivity index (χ1n) is 6.26. The Bertz CT molecular complexity index is 844. The van der Waals surface area contributed by atoms with Crippen molar-refractivity contribution in [3.8, 4) is 22.6 Å². The average molecular weight is 333 g/mol. The third-order valence-electron chi connectivity index (χ3n) is 3.02. The van der Waals surface area contributed by atoms with Crippen molar-refractivity contribution in [2.75, 3.05) is 0 Å². The van der Waals surface area contributed by atoms with Gasteiger partial charge < -0.3 is 4.98 Å². The van der Waals surface area contributed by atoms with Crippen molar-refractivity contribution in [2.24, 2.45) is 0 Å². The Labute approximate surface area is 137 Å². The van der Waals surface area contributed by atoms with Crippen LogP contribution in [0.5, 0.6) is 0 Å². The number of H-pyrrole nitrogens is 1. The fraction of sp³-hybridized carbons (Fsp3) is 0. The number of nitrogens with one attached hydrogen (secondary N) is 1. The summed E-state index contributed by atoms with van der Waals surface area (Å²) in [4.78, 5) is 7.64. The van der Waals surface area contributed by atoms with Gasteiger partial charge >= 0.3 is 0 Å². The predicted molar refractivity (Wildman–Crippen MR) is 90.3 cm³/mol. The van der Waals surface area contributed by atoms with Crippen LogP contribution in [0.3, 0.4) is 0 Å². The van der Waals surface area contributed by atoms with Gasteiger partial charge in [0, 0.05) is 11.3 Å². The number of aromatic amines is 1. The first-order valence-corrected chi connectivity index (χ1v) is 7.42. The molecular formula is C16H10Cl2N2S. The molecule has 104 valence electrons. The van der Waals surface area contributed by atoms with Crippen LogP contribution in [-0.4, -0.2) is 9.97 Å². The van der Waals surface area contributed by atoms with Crippen LogP contribution in [0, 0.1) is 4.64 Å². The lowest BCUT2D eigenvalue weighted by atomic mass is 10.1. The molecule has 0 aliphatic heterocycles. The van der Waals surface area contributed by atoms with Gasteiger partial charge in [-0.25, -0.2) is 4.98 Å². The minimum Gasteiger partial charge on any atom is -0.339 e. The van der Waals surface area contributed by atoms with E-state index in [-0.39, 0.29) is 0 Å². The van der Waals surface area contributed by atoms with Crippen molar-refractivity contribution in [2.45, 2.75) is 0 Å². The number of hydrogen-bond acceptors (Lipinski definition) is 2. The van der Waals surface area contributed by atoms with Gasteiger partial charge in [-0.15, -0.1) is 0 Å². The molecule has 2 nitrogen and oxygen atoms in total. The van der Waals surface area contributed by atoms with E-state index >= 15 is 0 Å². The highest BCUT2D eigenvalue weighted by molar-refractivity contribution is 7.71. The predicted octanol–water partition coefficient (Wildman–Crippen LogP) is 5.78. The van der Waals surface area contributed by atoms with Gasteiger partial charge in [0.05, 0.1) is 10.0 Å². The Balaban J connectivity index is 2.14. The summed E-state index contributed by atoms with van der Waals surface area (Å²) in [7, 11) is 0. The molecule has 2 aromatic carbocycles. The largest absolute Gasteiger partial charge is 0.339 e. The lowest BCUT2D eigenvalue weighted by Crippen LogP contribution is -1.93. The minimum absolute atomic E-state index is 0.486. The Morgan fingerprint density at radius 2 is 1.62 bits per heavy atom. The van der Waals surface area contributed by atoms with Crippen molar-refractivity contribution in [1.29, 1.82) is 0 Å². The summed E-state index contributed by atoms with van der Waals surface area (Å²) in [6.45, 7) is 0. The Morgan fingerprint density at radius 1 is 0.857 bits per heavy atom. The molecular weight excluding hydrogens is 323 g/mol. The molecule has 0 radical (unpaired) electrons. The second kappa shape index (κ2) is 5.98. The molecule has 5 heteroatoms. The van der Waals surface area contributed by atoms with E-state index in [1.54, 1.807) is 12.1 Å². The van der Waals surface area contributed by atoms with Gasteiger partial charge in [-0.1, -0.05) is 65.8 Å². The summed E-state index contributed by atoms with van der Waals surface area (Å²) in [5.74, 6) is 0.667. The summed E-state index contributed by atoms with van der Waals surface area (Å²) in [5, 5.41) is 0.999. The second-order valence-corrected chi connectivity index (χ2v) is 5.71. The lowest BCUT2D eigenvalue weighted by Gasteiger charge is -2.07. The molecule has 21 heavy (non-hydrogen) atoms. The van der Waals surface area contributed by atoms with Crippen molar-refractivity contribution in [1.82, 2.24) is 9.97 Å². The number of aromatic nitrogens is 2. The number of nitrogens with zero attached hydrogens (tertiary/aromatic N) is 1. The summed E-state index contributed by atoms with van der Waals surface area (Å²) < 4.78 is 0.522. The van der Waals surface area contributed by atoms with E-state index in [1.165, 1.54) is 0 Å². The summed E-state index contributed by atoms with van der Waals surface area (Å²) in [5.41, 5.74) is 2.80. The standard InChI is InChI=1S/C16H10Cl2N2S/c17-12-7-6-11(8-13(12)18)16-19-14(9-15(21)20-16)10-4-2-1-3-5-10/h1-9H,(H,19,20,21). The maximum Gasteiger partial charge on any atom is 0.139 e. The van der Waals surface area contributed by atoms with Gasteiger partial charge in [0.25, 0.3) is 0 Å². The Hall–Kier alpha value is -1.68. The lowest BCUT2D eigenvalue weighted by molar-refractivity contribution is 1.16. The van der Waals surface area contributed by atoms with Crippen LogP contribution in [0.1, 0.15) is 0 Å². The van der Waals surface area contributed by atoms with Gasteiger partial charge in [0.1, 0.15) is 10.5 Å². The fourth-order valence-electron chi connectivity index (χ4n) is 2.01. The molecule has 0 saturated carbocycles. The highest BCUT2D eigenvalue weighted by Gasteiger charge is 2.06. The first-order chi connectivity index (χ1) is 10.1. The average Bonchev–Trinajstić information content (AvgIpc) is 2.50. The molecule has 0 unspecified atom stereocenters. The maximum atomic E-state index is 6.06. The second-order valence-electron chi connectivity index (χ2n) is 4.48. The highest BCUT2D eigenvalue weighted by Crippen LogP contribution is 2.28. The zero-order chi connectivity index (χ0) is 14.8. The molecule has 1 aromatic heterocycles. The van der Waals surface area contributed by atoms with E-state index in [0.29, 0.717) is 20.5 Å². The van der Waals surface area contributed by atoms with Crippen LogP contribution >= 0.6 is 35.4 Å². The Kier molecular flexibility index (Phi) is 4.06. The number of benzene rings is 2. The minimum atomic E-state index is 0.486. The van der Waals surface area contributed by atoms with E-state index in [1.807, 2.05) is 42.5 Å². The zero-order valence-corrected chi connectivity index (χ0v) is 13.1. The van der Waals surface area contributed by atoms with Crippen molar-refractivity contribution in [3.63, 3.8) is 0 Å². The molecule has 0 bridgehead atoms. The molecule has 1 heterocycles. The molecule has 3 rings (SSSR count). The summed E-state index contributed by atoms with van der Waals surface area (Å²) in [6.07, 6.45) is 0. The van der Waals surface area contributed by atoms with E-state index in [0.717, 1.165) is 16.8 Å². The summed E-state index contributed by atoms with van der Waals surface area (Å²) >= 11 is 17.3. The topological polar surface area (TPSA) is 28.7 Å². The summed E-state index contributed by atoms with van der Waals surface area (Å²) in [6, 6.07) is 17.2. The molecule has 0 saturated heterocycles. The quantitative estimate of drug-likeness (QED) is 0.602. The van der Waals surface area contributed by atoms with Gasteiger partial charge in [-0.05, 0) is 29.8 Å². The number of rotatable bonds is 2. The van der Waals surface area contributed by atoms with Gasteiger partial charge in [-0.2, -0.15) is 0 Å². The maximum absolute atomic E-state index is 6.06. The fourth-order valence-corrected chi connectivity index (χ4v) is 2.52. The van der Waals surface area contributed by atoms with Crippen LogP contribution in [-0.2, 0) is 0 Å². The molecule has 0 aliphatic carbocycles. The number of hydrogen-bond donors (Lipinski definition) is 1. The Morgan fingerprint density at radius 3 is 2.33 bits per heavy atom. The van der Waals surface area contributed by atoms with E-state index in [9.17, 15) is 0 Å². The molecule has 0 aliphatic rings. The van der Waals surface area contributed by atoms with E-state index in [2.05, 4.69) is 9.97 Å².